The van der Waals surface area contributed by atoms with Gasteiger partial charge in [0.1, 0.15) is 17.2 Å². The van der Waals surface area contributed by atoms with E-state index < -0.39 is 23.1 Å². The number of benzene rings is 3. The minimum absolute atomic E-state index is 0.107. The van der Waals surface area contributed by atoms with Crippen molar-refractivity contribution < 1.29 is 13.6 Å². The highest BCUT2D eigenvalue weighted by Gasteiger charge is 2.19. The summed E-state index contributed by atoms with van der Waals surface area (Å²) in [6, 6.07) is 20.1. The predicted molar refractivity (Wildman–Crippen MR) is 120 cm³/mol. The average Bonchev–Trinajstić information content (AvgIpc) is 3.13. The quantitative estimate of drug-likeness (QED) is 0.367. The lowest BCUT2D eigenvalue weighted by Crippen LogP contribution is -2.16. The maximum Gasteiger partial charge on any atom is 0.261 e. The molecule has 0 saturated carbocycles. The number of hydrogen-bond donors (Lipinski definition) is 1. The molecule has 32 heavy (non-hydrogen) atoms. The minimum atomic E-state index is -0.930. The molecule has 0 aliphatic carbocycles. The van der Waals surface area contributed by atoms with Gasteiger partial charge in [-0.05, 0) is 59.6 Å². The Morgan fingerprint density at radius 1 is 0.969 bits per heavy atom. The zero-order valence-corrected chi connectivity index (χ0v) is 18.2. The third-order valence-corrected chi connectivity index (χ3v) is 5.81. The largest absolute Gasteiger partial charge is 0.321 e. The zero-order valence-electron chi connectivity index (χ0n) is 16.6. The Labute approximate surface area is 192 Å². The summed E-state index contributed by atoms with van der Waals surface area (Å²) in [5.41, 5.74) is 0.898. The predicted octanol–water partition coefficient (Wildman–Crippen LogP) is 5.86. The molecule has 4 rings (SSSR count). The SMILES string of the molecule is O=C(Nc1ccccc1Sc1nc(Cl)nn1CCc1ccccc1)c1c(F)cccc1F. The maximum absolute atomic E-state index is 14.0. The van der Waals surface area contributed by atoms with Crippen molar-refractivity contribution in [1.82, 2.24) is 14.8 Å². The molecule has 0 aliphatic rings. The fourth-order valence-corrected chi connectivity index (χ4v) is 4.22. The van der Waals surface area contributed by atoms with Crippen LogP contribution in [0.15, 0.2) is 82.8 Å². The highest BCUT2D eigenvalue weighted by molar-refractivity contribution is 7.99. The van der Waals surface area contributed by atoms with E-state index in [-0.39, 0.29) is 5.28 Å². The van der Waals surface area contributed by atoms with Crippen LogP contribution in [0.3, 0.4) is 0 Å². The van der Waals surface area contributed by atoms with Crippen LogP contribution in [0.1, 0.15) is 15.9 Å². The molecular weight excluding hydrogens is 454 g/mol. The molecule has 1 N–H and O–H groups in total. The molecule has 0 bridgehead atoms. The molecule has 0 spiro atoms. The molecule has 162 valence electrons. The summed E-state index contributed by atoms with van der Waals surface area (Å²) in [7, 11) is 0. The lowest BCUT2D eigenvalue weighted by Gasteiger charge is -2.12. The van der Waals surface area contributed by atoms with Crippen molar-refractivity contribution >= 4 is 35.0 Å². The van der Waals surface area contributed by atoms with Crippen LogP contribution in [0.5, 0.6) is 0 Å². The molecule has 9 heteroatoms. The van der Waals surface area contributed by atoms with Gasteiger partial charge in [-0.25, -0.2) is 13.5 Å². The third kappa shape index (κ3) is 5.15. The number of carbonyl (C=O) groups excluding carboxylic acids is 1. The van der Waals surface area contributed by atoms with Crippen LogP contribution >= 0.6 is 23.4 Å². The Balaban J connectivity index is 1.54. The van der Waals surface area contributed by atoms with Crippen LogP contribution in [0.2, 0.25) is 5.28 Å². The lowest BCUT2D eigenvalue weighted by atomic mass is 10.2. The number of aryl methyl sites for hydroxylation is 2. The summed E-state index contributed by atoms with van der Waals surface area (Å²) >= 11 is 7.29. The standard InChI is InChI=1S/C23H17ClF2N4OS/c24-22-28-23(30(29-22)14-13-15-7-2-1-3-8-15)32-19-12-5-4-11-18(19)27-21(31)20-16(25)9-6-10-17(20)26/h1-12H,13-14H2,(H,27,31). The van der Waals surface area contributed by atoms with Crippen LogP contribution < -0.4 is 5.32 Å². The number of nitrogens with one attached hydrogen (secondary N) is 1. The lowest BCUT2D eigenvalue weighted by molar-refractivity contribution is 0.101. The van der Waals surface area contributed by atoms with Crippen molar-refractivity contribution in [2.24, 2.45) is 0 Å². The highest BCUT2D eigenvalue weighted by atomic mass is 35.5. The monoisotopic (exact) mass is 470 g/mol. The first-order valence-electron chi connectivity index (χ1n) is 9.68. The number of nitrogens with zero attached hydrogens (tertiary/aromatic N) is 3. The average molecular weight is 471 g/mol. The Bertz CT molecular complexity index is 1230. The molecule has 0 atom stereocenters. The van der Waals surface area contributed by atoms with Gasteiger partial charge in [0.25, 0.3) is 5.91 Å². The van der Waals surface area contributed by atoms with Crippen molar-refractivity contribution in [1.29, 1.82) is 0 Å². The van der Waals surface area contributed by atoms with E-state index in [9.17, 15) is 13.6 Å². The summed E-state index contributed by atoms with van der Waals surface area (Å²) < 4.78 is 29.7. The number of hydrogen-bond acceptors (Lipinski definition) is 4. The van der Waals surface area contributed by atoms with E-state index >= 15 is 0 Å². The van der Waals surface area contributed by atoms with Gasteiger partial charge in [-0.3, -0.25) is 4.79 Å². The molecule has 1 aromatic heterocycles. The molecule has 3 aromatic carbocycles. The van der Waals surface area contributed by atoms with E-state index in [1.165, 1.54) is 17.8 Å². The van der Waals surface area contributed by atoms with E-state index in [1.807, 2.05) is 30.3 Å². The van der Waals surface area contributed by atoms with Crippen molar-refractivity contribution in [3.63, 3.8) is 0 Å². The summed E-state index contributed by atoms with van der Waals surface area (Å²) in [5, 5.41) is 7.47. The first kappa shape index (κ1) is 22.0. The molecule has 0 radical (unpaired) electrons. The van der Waals surface area contributed by atoms with Gasteiger partial charge in [0.05, 0.1) is 5.69 Å². The first-order valence-corrected chi connectivity index (χ1v) is 10.9. The van der Waals surface area contributed by atoms with Crippen LogP contribution in [0.25, 0.3) is 0 Å². The van der Waals surface area contributed by atoms with Crippen molar-refractivity contribution in [2.45, 2.75) is 23.0 Å². The van der Waals surface area contributed by atoms with Crippen LogP contribution in [0, 0.1) is 11.6 Å². The van der Waals surface area contributed by atoms with E-state index in [0.29, 0.717) is 22.3 Å². The van der Waals surface area contributed by atoms with E-state index in [1.54, 1.807) is 28.9 Å². The fourth-order valence-electron chi connectivity index (χ4n) is 3.06. The molecule has 0 aliphatic heterocycles. The van der Waals surface area contributed by atoms with Gasteiger partial charge in [0.15, 0.2) is 5.16 Å². The van der Waals surface area contributed by atoms with Gasteiger partial charge in [0.2, 0.25) is 5.28 Å². The zero-order chi connectivity index (χ0) is 22.5. The van der Waals surface area contributed by atoms with Crippen molar-refractivity contribution in [2.75, 3.05) is 5.32 Å². The van der Waals surface area contributed by atoms with Crippen LogP contribution in [-0.2, 0) is 13.0 Å². The minimum Gasteiger partial charge on any atom is -0.321 e. The van der Waals surface area contributed by atoms with Gasteiger partial charge in [0, 0.05) is 11.4 Å². The number of aromatic nitrogens is 3. The smallest absolute Gasteiger partial charge is 0.261 e. The Morgan fingerprint density at radius 2 is 1.66 bits per heavy atom. The number of anilines is 1. The number of rotatable bonds is 7. The normalized spacial score (nSPS) is 10.8. The van der Waals surface area contributed by atoms with E-state index in [2.05, 4.69) is 15.4 Å². The molecule has 1 heterocycles. The van der Waals surface area contributed by atoms with Gasteiger partial charge in [-0.1, -0.05) is 48.5 Å². The van der Waals surface area contributed by atoms with E-state index in [0.717, 1.165) is 24.1 Å². The highest BCUT2D eigenvalue weighted by Crippen LogP contribution is 2.33. The second-order valence-corrected chi connectivity index (χ2v) is 8.12. The fraction of sp³-hybridized carbons (Fsp3) is 0.0870. The Hall–Kier alpha value is -3.23. The second-order valence-electron chi connectivity index (χ2n) is 6.77. The molecule has 0 fully saturated rings. The number of para-hydroxylation sites is 1. The van der Waals surface area contributed by atoms with Gasteiger partial charge < -0.3 is 5.32 Å². The summed E-state index contributed by atoms with van der Waals surface area (Å²) in [6.07, 6.45) is 0.735. The molecular formula is C23H17ClF2N4OS. The molecule has 5 nitrogen and oxygen atoms in total. The Kier molecular flexibility index (Phi) is 6.82. The third-order valence-electron chi connectivity index (χ3n) is 4.59. The maximum atomic E-state index is 14.0. The number of amides is 1. The van der Waals surface area contributed by atoms with Gasteiger partial charge in [-0.15, -0.1) is 5.10 Å². The van der Waals surface area contributed by atoms with Crippen LogP contribution in [0.4, 0.5) is 14.5 Å². The number of halogens is 3. The first-order chi connectivity index (χ1) is 15.5. The van der Waals surface area contributed by atoms with Gasteiger partial charge in [-0.2, -0.15) is 4.98 Å². The van der Waals surface area contributed by atoms with Crippen molar-refractivity contribution in [3.05, 3.63) is 101 Å². The van der Waals surface area contributed by atoms with Gasteiger partial charge >= 0.3 is 0 Å². The van der Waals surface area contributed by atoms with Crippen LogP contribution in [-0.4, -0.2) is 20.7 Å². The molecule has 4 aromatic rings. The molecule has 1 amide bonds. The topological polar surface area (TPSA) is 59.8 Å². The molecule has 0 unspecified atom stereocenters. The van der Waals surface area contributed by atoms with Crippen molar-refractivity contribution in [3.8, 4) is 0 Å². The summed E-state index contributed by atoms with van der Waals surface area (Å²) in [6.45, 7) is 0.557. The summed E-state index contributed by atoms with van der Waals surface area (Å²) in [4.78, 5) is 17.4. The second kappa shape index (κ2) is 9.93. The van der Waals surface area contributed by atoms with E-state index in [4.69, 9.17) is 11.6 Å². The Morgan fingerprint density at radius 3 is 2.41 bits per heavy atom. The molecule has 0 saturated heterocycles. The number of carbonyl (C=O) groups is 1. The summed E-state index contributed by atoms with van der Waals surface area (Å²) in [5.74, 6) is -2.74.